The van der Waals surface area contributed by atoms with Gasteiger partial charge < -0.3 is 14.8 Å². The van der Waals surface area contributed by atoms with Crippen LogP contribution in [-0.4, -0.2) is 49.3 Å². The Morgan fingerprint density at radius 2 is 1.76 bits per heavy atom. The number of hydrogen-bond donors (Lipinski definition) is 1. The van der Waals surface area contributed by atoms with Crippen LogP contribution in [0.1, 0.15) is 60.3 Å². The zero-order valence-electron chi connectivity index (χ0n) is 19.0. The second kappa shape index (κ2) is 11.6. The minimum Gasteiger partial charge on any atom is -0.492 e. The number of amides is 1. The molecule has 0 aromatic heterocycles. The summed E-state index contributed by atoms with van der Waals surface area (Å²) in [6.07, 6.45) is 3.82. The average Bonchev–Trinajstić information content (AvgIpc) is 2.67. The van der Waals surface area contributed by atoms with E-state index in [4.69, 9.17) is 9.47 Å². The van der Waals surface area contributed by atoms with Crippen molar-refractivity contribution in [3.05, 3.63) is 24.3 Å². The van der Waals surface area contributed by atoms with E-state index in [9.17, 15) is 4.79 Å². The summed E-state index contributed by atoms with van der Waals surface area (Å²) in [4.78, 5) is 15.2. The van der Waals surface area contributed by atoms with Crippen LogP contribution in [0.25, 0.3) is 0 Å². The normalized spacial score (nSPS) is 22.1. The van der Waals surface area contributed by atoms with Crippen molar-refractivity contribution in [2.45, 2.75) is 65.9 Å². The van der Waals surface area contributed by atoms with E-state index in [-0.39, 0.29) is 5.91 Å². The third kappa shape index (κ3) is 7.63. The number of carbonyl (C=O) groups is 1. The predicted molar refractivity (Wildman–Crippen MR) is 120 cm³/mol. The first-order chi connectivity index (χ1) is 13.9. The highest BCUT2D eigenvalue weighted by Crippen LogP contribution is 2.23. The number of hydrogen-bond acceptors (Lipinski definition) is 4. The molecule has 0 spiro atoms. The topological polar surface area (TPSA) is 50.8 Å². The molecule has 5 heteroatoms. The van der Waals surface area contributed by atoms with Crippen molar-refractivity contribution in [3.63, 3.8) is 0 Å². The summed E-state index contributed by atoms with van der Waals surface area (Å²) in [6.45, 7) is 15.2. The molecule has 164 valence electrons. The van der Waals surface area contributed by atoms with Gasteiger partial charge in [0.2, 0.25) is 0 Å². The third-order valence-electron chi connectivity index (χ3n) is 5.57. The molecule has 0 bridgehead atoms. The Balaban J connectivity index is 1.82. The number of anilines is 1. The smallest absolute Gasteiger partial charge is 0.256 e. The average molecular weight is 405 g/mol. The second-order valence-corrected chi connectivity index (χ2v) is 8.86. The SMILES string of the molecule is CCCOC(C)(CCC)C(=O)Nc1ccc(OCCN2CC(C)CC(C)C2)cc1. The van der Waals surface area contributed by atoms with Gasteiger partial charge in [0, 0.05) is 31.9 Å². The molecule has 1 saturated heterocycles. The van der Waals surface area contributed by atoms with E-state index >= 15 is 0 Å². The number of rotatable bonds is 11. The Kier molecular flexibility index (Phi) is 9.44. The van der Waals surface area contributed by atoms with E-state index < -0.39 is 5.60 Å². The lowest BCUT2D eigenvalue weighted by Crippen LogP contribution is -2.43. The first kappa shape index (κ1) is 23.7. The Hall–Kier alpha value is -1.59. The molecule has 29 heavy (non-hydrogen) atoms. The number of nitrogens with zero attached hydrogens (tertiary/aromatic N) is 1. The van der Waals surface area contributed by atoms with E-state index in [0.29, 0.717) is 19.6 Å². The fraction of sp³-hybridized carbons (Fsp3) is 0.708. The van der Waals surface area contributed by atoms with E-state index in [1.807, 2.05) is 31.2 Å². The maximum atomic E-state index is 12.7. The van der Waals surface area contributed by atoms with Crippen LogP contribution in [0.2, 0.25) is 0 Å². The molecular formula is C24H40N2O3. The van der Waals surface area contributed by atoms with Crippen molar-refractivity contribution in [1.82, 2.24) is 4.90 Å². The first-order valence-electron chi connectivity index (χ1n) is 11.3. The highest BCUT2D eigenvalue weighted by Gasteiger charge is 2.33. The summed E-state index contributed by atoms with van der Waals surface area (Å²) in [5.74, 6) is 2.28. The molecule has 1 aromatic rings. The molecule has 1 aromatic carbocycles. The molecule has 1 amide bonds. The Labute approximate surface area is 177 Å². The van der Waals surface area contributed by atoms with Gasteiger partial charge >= 0.3 is 0 Å². The highest BCUT2D eigenvalue weighted by molar-refractivity contribution is 5.97. The summed E-state index contributed by atoms with van der Waals surface area (Å²) in [5, 5.41) is 2.99. The van der Waals surface area contributed by atoms with Crippen LogP contribution < -0.4 is 10.1 Å². The zero-order chi connectivity index (χ0) is 21.3. The van der Waals surface area contributed by atoms with Crippen molar-refractivity contribution in [3.8, 4) is 5.75 Å². The van der Waals surface area contributed by atoms with Gasteiger partial charge in [0.1, 0.15) is 18.0 Å². The minimum absolute atomic E-state index is 0.0881. The Morgan fingerprint density at radius 1 is 1.10 bits per heavy atom. The summed E-state index contributed by atoms with van der Waals surface area (Å²) in [7, 11) is 0. The number of carbonyl (C=O) groups excluding carboxylic acids is 1. The van der Waals surface area contributed by atoms with Gasteiger partial charge in [-0.15, -0.1) is 0 Å². The van der Waals surface area contributed by atoms with Crippen molar-refractivity contribution >= 4 is 11.6 Å². The van der Waals surface area contributed by atoms with Gasteiger partial charge in [-0.2, -0.15) is 0 Å². The van der Waals surface area contributed by atoms with Crippen molar-refractivity contribution < 1.29 is 14.3 Å². The molecule has 3 atom stereocenters. The molecule has 1 heterocycles. The number of benzene rings is 1. The third-order valence-corrected chi connectivity index (χ3v) is 5.57. The summed E-state index contributed by atoms with van der Waals surface area (Å²) in [5.41, 5.74) is -0.0220. The Morgan fingerprint density at radius 3 is 2.34 bits per heavy atom. The van der Waals surface area contributed by atoms with Crippen LogP contribution in [0.3, 0.4) is 0 Å². The molecule has 5 nitrogen and oxygen atoms in total. The predicted octanol–water partition coefficient (Wildman–Crippen LogP) is 4.97. The van der Waals surface area contributed by atoms with Crippen LogP contribution in [0.4, 0.5) is 5.69 Å². The largest absolute Gasteiger partial charge is 0.492 e. The van der Waals surface area contributed by atoms with Gasteiger partial charge in [0.05, 0.1) is 0 Å². The van der Waals surface area contributed by atoms with Gasteiger partial charge in [0.15, 0.2) is 0 Å². The lowest BCUT2D eigenvalue weighted by Gasteiger charge is -2.34. The second-order valence-electron chi connectivity index (χ2n) is 8.86. The van der Waals surface area contributed by atoms with E-state index in [2.05, 4.69) is 37.9 Å². The fourth-order valence-electron chi connectivity index (χ4n) is 4.22. The molecule has 1 fully saturated rings. The standard InChI is InChI=1S/C24H40N2O3/c1-6-12-24(5,29-14-7-2)23(27)25-21-8-10-22(11-9-21)28-15-13-26-17-19(3)16-20(4)18-26/h8-11,19-20H,6-7,12-18H2,1-5H3,(H,25,27). The quantitative estimate of drug-likeness (QED) is 0.566. The monoisotopic (exact) mass is 404 g/mol. The van der Waals surface area contributed by atoms with E-state index in [1.165, 1.54) is 6.42 Å². The summed E-state index contributed by atoms with van der Waals surface area (Å²) < 4.78 is 11.8. The number of piperidine rings is 1. The molecule has 3 unspecified atom stereocenters. The van der Waals surface area contributed by atoms with Crippen molar-refractivity contribution in [1.29, 1.82) is 0 Å². The van der Waals surface area contributed by atoms with Crippen molar-refractivity contribution in [2.24, 2.45) is 11.8 Å². The maximum Gasteiger partial charge on any atom is 0.256 e. The molecule has 1 aliphatic heterocycles. The number of nitrogens with one attached hydrogen (secondary N) is 1. The minimum atomic E-state index is -0.789. The van der Waals surface area contributed by atoms with E-state index in [1.54, 1.807) is 0 Å². The van der Waals surface area contributed by atoms with Crippen LogP contribution in [-0.2, 0) is 9.53 Å². The molecule has 1 aliphatic rings. The van der Waals surface area contributed by atoms with Gasteiger partial charge in [-0.1, -0.05) is 34.1 Å². The van der Waals surface area contributed by atoms with Gasteiger partial charge in [-0.05, 0) is 62.3 Å². The van der Waals surface area contributed by atoms with Gasteiger partial charge in [-0.3, -0.25) is 9.69 Å². The Bertz CT molecular complexity index is 609. The van der Waals surface area contributed by atoms with Crippen molar-refractivity contribution in [2.75, 3.05) is 38.2 Å². The molecule has 0 aliphatic carbocycles. The van der Waals surface area contributed by atoms with E-state index in [0.717, 1.165) is 55.7 Å². The molecule has 0 saturated carbocycles. The first-order valence-corrected chi connectivity index (χ1v) is 11.3. The van der Waals surface area contributed by atoms with Gasteiger partial charge in [0.25, 0.3) is 5.91 Å². The maximum absolute atomic E-state index is 12.7. The number of ether oxygens (including phenoxy) is 2. The summed E-state index contributed by atoms with van der Waals surface area (Å²) >= 11 is 0. The number of likely N-dealkylation sites (tertiary alicyclic amines) is 1. The fourth-order valence-corrected chi connectivity index (χ4v) is 4.22. The lowest BCUT2D eigenvalue weighted by atomic mass is 9.92. The lowest BCUT2D eigenvalue weighted by molar-refractivity contribution is -0.140. The molecule has 0 radical (unpaired) electrons. The van der Waals surface area contributed by atoms with Crippen LogP contribution in [0.5, 0.6) is 5.75 Å². The molecule has 1 N–H and O–H groups in total. The molecular weight excluding hydrogens is 364 g/mol. The summed E-state index contributed by atoms with van der Waals surface area (Å²) in [6, 6.07) is 7.62. The van der Waals surface area contributed by atoms with Gasteiger partial charge in [-0.25, -0.2) is 0 Å². The van der Waals surface area contributed by atoms with Crippen LogP contribution >= 0.6 is 0 Å². The molecule has 2 rings (SSSR count). The van der Waals surface area contributed by atoms with Crippen LogP contribution in [0, 0.1) is 11.8 Å². The highest BCUT2D eigenvalue weighted by atomic mass is 16.5. The zero-order valence-corrected chi connectivity index (χ0v) is 19.0. The van der Waals surface area contributed by atoms with Crippen LogP contribution in [0.15, 0.2) is 24.3 Å².